The van der Waals surface area contributed by atoms with E-state index in [1.54, 1.807) is 6.92 Å². The van der Waals surface area contributed by atoms with E-state index in [-0.39, 0.29) is 35.9 Å². The number of nitrogens with zero attached hydrogens (tertiary/aromatic N) is 2. The molecule has 2 N–H and O–H groups in total. The minimum Gasteiger partial charge on any atom is -0.352 e. The number of hydrogen-bond acceptors (Lipinski definition) is 4. The quantitative estimate of drug-likeness (QED) is 0.729. The first-order valence-electron chi connectivity index (χ1n) is 12.0. The summed E-state index contributed by atoms with van der Waals surface area (Å²) in [6, 6.07) is 0.679. The maximum Gasteiger partial charge on any atom is 0.237 e. The topological polar surface area (TPSA) is 64.7 Å². The zero-order chi connectivity index (χ0) is 21.0. The standard InChI is InChI=1S/C23H37FN4O2/c1-14-6-7-19(24)18-9-20(26-21(14)18)22(30)25-16-4-3-5-17(8-16)28-12-23(13-28)10-27(11-23)15(2)29/h14,16-21,26H,3-13H2,1-2H3,(H,25,30)/t14?,16-,17-,18?,19?,20?,21?/m1/s1. The molecule has 2 amide bonds. The highest BCUT2D eigenvalue weighted by atomic mass is 19.1. The number of alkyl halides is 1. The lowest BCUT2D eigenvalue weighted by atomic mass is 9.71. The third-order valence-corrected chi connectivity index (χ3v) is 8.74. The van der Waals surface area contributed by atoms with E-state index in [1.807, 2.05) is 4.90 Å². The van der Waals surface area contributed by atoms with E-state index < -0.39 is 6.17 Å². The van der Waals surface area contributed by atoms with E-state index >= 15 is 0 Å². The fourth-order valence-electron chi connectivity index (χ4n) is 6.99. The van der Waals surface area contributed by atoms with Crippen LogP contribution in [0.1, 0.15) is 58.8 Å². The smallest absolute Gasteiger partial charge is 0.237 e. The van der Waals surface area contributed by atoms with Crippen molar-refractivity contribution < 1.29 is 14.0 Å². The van der Waals surface area contributed by atoms with E-state index in [0.717, 1.165) is 51.9 Å². The molecule has 3 aliphatic heterocycles. The number of fused-ring (bicyclic) bond motifs is 1. The average Bonchev–Trinajstić information content (AvgIpc) is 3.10. The number of halogens is 1. The van der Waals surface area contributed by atoms with Crippen LogP contribution >= 0.6 is 0 Å². The Balaban J connectivity index is 1.10. The van der Waals surface area contributed by atoms with Crippen LogP contribution in [0.15, 0.2) is 0 Å². The minimum atomic E-state index is -0.764. The number of carbonyl (C=O) groups excluding carboxylic acids is 2. The Kier molecular flexibility index (Phi) is 5.33. The third-order valence-electron chi connectivity index (χ3n) is 8.74. The summed E-state index contributed by atoms with van der Waals surface area (Å²) in [6.07, 6.45) is 5.83. The number of carbonyl (C=O) groups is 2. The summed E-state index contributed by atoms with van der Waals surface area (Å²) in [5.41, 5.74) is 0.339. The number of hydrogen-bond donors (Lipinski definition) is 2. The maximum absolute atomic E-state index is 14.4. The summed E-state index contributed by atoms with van der Waals surface area (Å²) in [7, 11) is 0. The molecular formula is C23H37FN4O2. The molecule has 3 heterocycles. The van der Waals surface area contributed by atoms with Crippen LogP contribution in [0.2, 0.25) is 0 Å². The molecule has 6 nitrogen and oxygen atoms in total. The van der Waals surface area contributed by atoms with Crippen LogP contribution in [0.3, 0.4) is 0 Å². The normalized spacial score (nSPS) is 42.9. The molecule has 2 saturated carbocycles. The van der Waals surface area contributed by atoms with Gasteiger partial charge in [-0.25, -0.2) is 4.39 Å². The first kappa shape index (κ1) is 20.7. The second-order valence-corrected chi connectivity index (χ2v) is 11.0. The van der Waals surface area contributed by atoms with E-state index in [2.05, 4.69) is 22.5 Å². The molecule has 5 rings (SSSR count). The predicted molar refractivity (Wildman–Crippen MR) is 113 cm³/mol. The van der Waals surface area contributed by atoms with Crippen LogP contribution in [0.4, 0.5) is 4.39 Å². The molecule has 30 heavy (non-hydrogen) atoms. The number of amides is 2. The number of rotatable bonds is 3. The largest absolute Gasteiger partial charge is 0.352 e. The van der Waals surface area contributed by atoms with Crippen molar-refractivity contribution in [1.29, 1.82) is 0 Å². The fourth-order valence-corrected chi connectivity index (χ4v) is 6.99. The van der Waals surface area contributed by atoms with Crippen molar-refractivity contribution in [1.82, 2.24) is 20.4 Å². The molecule has 2 aliphatic carbocycles. The SMILES string of the molecule is CC(=O)N1CC2(C1)CN([C@@H]1CCC[C@@H](NC(=O)C3CC4C(F)CCC(C)C4N3)C1)C2. The molecule has 7 atom stereocenters. The molecule has 0 aromatic carbocycles. The van der Waals surface area contributed by atoms with E-state index in [0.29, 0.717) is 30.2 Å². The zero-order valence-electron chi connectivity index (χ0n) is 18.4. The molecule has 0 bridgehead atoms. The Morgan fingerprint density at radius 2 is 1.83 bits per heavy atom. The lowest BCUT2D eigenvalue weighted by molar-refractivity contribution is -0.162. The lowest BCUT2D eigenvalue weighted by Crippen LogP contribution is -2.74. The van der Waals surface area contributed by atoms with Crippen molar-refractivity contribution >= 4 is 11.8 Å². The van der Waals surface area contributed by atoms with Crippen LogP contribution in [-0.4, -0.2) is 78.1 Å². The van der Waals surface area contributed by atoms with E-state index in [1.165, 1.54) is 6.42 Å². The van der Waals surface area contributed by atoms with Gasteiger partial charge in [0.2, 0.25) is 11.8 Å². The Labute approximate surface area is 179 Å². The second kappa shape index (κ2) is 7.73. The Morgan fingerprint density at radius 1 is 1.07 bits per heavy atom. The Hall–Kier alpha value is -1.21. The average molecular weight is 421 g/mol. The molecular weight excluding hydrogens is 383 g/mol. The second-order valence-electron chi connectivity index (χ2n) is 11.0. The van der Waals surface area contributed by atoms with Crippen LogP contribution in [0.25, 0.3) is 0 Å². The van der Waals surface area contributed by atoms with E-state index in [9.17, 15) is 14.0 Å². The molecule has 5 unspecified atom stereocenters. The molecule has 7 heteroatoms. The summed E-state index contributed by atoms with van der Waals surface area (Å²) in [6.45, 7) is 7.84. The first-order chi connectivity index (χ1) is 14.3. The highest BCUT2D eigenvalue weighted by Gasteiger charge is 2.54. The molecule has 5 aliphatic rings. The van der Waals surface area contributed by atoms with Gasteiger partial charge in [-0.05, 0) is 50.9 Å². The van der Waals surface area contributed by atoms with Gasteiger partial charge in [0.05, 0.1) is 6.04 Å². The van der Waals surface area contributed by atoms with Crippen LogP contribution in [-0.2, 0) is 9.59 Å². The van der Waals surface area contributed by atoms with Crippen molar-refractivity contribution in [3.63, 3.8) is 0 Å². The van der Waals surface area contributed by atoms with Gasteiger partial charge in [-0.3, -0.25) is 14.5 Å². The van der Waals surface area contributed by atoms with Crippen molar-refractivity contribution in [2.24, 2.45) is 17.3 Å². The van der Waals surface area contributed by atoms with Crippen molar-refractivity contribution in [3.8, 4) is 0 Å². The van der Waals surface area contributed by atoms with Crippen LogP contribution in [0.5, 0.6) is 0 Å². The first-order valence-corrected chi connectivity index (χ1v) is 12.0. The monoisotopic (exact) mass is 420 g/mol. The Bertz CT molecular complexity index is 671. The molecule has 3 saturated heterocycles. The fraction of sp³-hybridized carbons (Fsp3) is 0.913. The summed E-state index contributed by atoms with van der Waals surface area (Å²) >= 11 is 0. The van der Waals surface area contributed by atoms with Crippen molar-refractivity contribution in [3.05, 3.63) is 0 Å². The van der Waals surface area contributed by atoms with E-state index in [4.69, 9.17) is 0 Å². The van der Waals surface area contributed by atoms with Crippen LogP contribution in [0, 0.1) is 17.3 Å². The highest BCUT2D eigenvalue weighted by molar-refractivity contribution is 5.82. The van der Waals surface area contributed by atoms with Gasteiger partial charge >= 0.3 is 0 Å². The van der Waals surface area contributed by atoms with Gasteiger partial charge in [0.1, 0.15) is 6.17 Å². The Morgan fingerprint density at radius 3 is 2.53 bits per heavy atom. The molecule has 0 aromatic rings. The molecule has 0 aromatic heterocycles. The summed E-state index contributed by atoms with van der Waals surface area (Å²) in [5, 5.41) is 6.76. The molecule has 1 spiro atoms. The highest BCUT2D eigenvalue weighted by Crippen LogP contribution is 2.43. The number of likely N-dealkylation sites (tertiary alicyclic amines) is 2. The molecule has 5 fully saturated rings. The van der Waals surface area contributed by atoms with Gasteiger partial charge in [0, 0.05) is 62.6 Å². The minimum absolute atomic E-state index is 0.00192. The van der Waals surface area contributed by atoms with Gasteiger partial charge in [-0.15, -0.1) is 0 Å². The zero-order valence-corrected chi connectivity index (χ0v) is 18.4. The third kappa shape index (κ3) is 3.66. The van der Waals surface area contributed by atoms with Gasteiger partial charge in [0.15, 0.2) is 0 Å². The summed E-state index contributed by atoms with van der Waals surface area (Å²) in [4.78, 5) is 28.9. The van der Waals surface area contributed by atoms with Gasteiger partial charge in [-0.1, -0.05) is 6.92 Å². The molecule has 168 valence electrons. The molecule has 0 radical (unpaired) electrons. The van der Waals surface area contributed by atoms with Crippen LogP contribution < -0.4 is 10.6 Å². The summed E-state index contributed by atoms with van der Waals surface area (Å²) in [5.74, 6) is 0.708. The summed E-state index contributed by atoms with van der Waals surface area (Å²) < 4.78 is 14.4. The maximum atomic E-state index is 14.4. The van der Waals surface area contributed by atoms with Gasteiger partial charge in [-0.2, -0.15) is 0 Å². The van der Waals surface area contributed by atoms with Gasteiger partial charge < -0.3 is 15.5 Å². The van der Waals surface area contributed by atoms with Gasteiger partial charge in [0.25, 0.3) is 0 Å². The van der Waals surface area contributed by atoms with Crippen molar-refractivity contribution in [2.45, 2.75) is 89.1 Å². The lowest BCUT2D eigenvalue weighted by Gasteiger charge is -2.62. The predicted octanol–water partition coefficient (Wildman–Crippen LogP) is 1.69. The van der Waals surface area contributed by atoms with Crippen molar-refractivity contribution in [2.75, 3.05) is 26.2 Å². The number of nitrogens with one attached hydrogen (secondary N) is 2.